The van der Waals surface area contributed by atoms with Crippen LogP contribution in [0.1, 0.15) is 16.9 Å². The van der Waals surface area contributed by atoms with Gasteiger partial charge in [-0.3, -0.25) is 14.6 Å². The Bertz CT molecular complexity index is 1460. The molecule has 0 spiro atoms. The van der Waals surface area contributed by atoms with Crippen LogP contribution in [0.3, 0.4) is 0 Å². The third kappa shape index (κ3) is 3.67. The summed E-state index contributed by atoms with van der Waals surface area (Å²) in [6.07, 6.45) is -2.96. The van der Waals surface area contributed by atoms with Crippen LogP contribution in [-0.2, 0) is 0 Å². The molecule has 0 saturated carbocycles. The fourth-order valence-corrected chi connectivity index (χ4v) is 4.30. The van der Waals surface area contributed by atoms with Crippen molar-refractivity contribution in [3.8, 4) is 11.3 Å². The monoisotopic (exact) mass is 453 g/mol. The topological polar surface area (TPSA) is 105 Å². The van der Waals surface area contributed by atoms with Gasteiger partial charge in [0.15, 0.2) is 5.43 Å². The van der Waals surface area contributed by atoms with E-state index in [0.717, 1.165) is 5.39 Å². The van der Waals surface area contributed by atoms with Crippen LogP contribution < -0.4 is 16.1 Å². The van der Waals surface area contributed by atoms with Gasteiger partial charge in [0.1, 0.15) is 11.5 Å². The Morgan fingerprint density at radius 3 is 2.70 bits per heavy atom. The minimum Gasteiger partial charge on any atom is -0.364 e. The van der Waals surface area contributed by atoms with E-state index in [1.807, 2.05) is 12.1 Å². The van der Waals surface area contributed by atoms with E-state index in [2.05, 4.69) is 15.0 Å². The van der Waals surface area contributed by atoms with Gasteiger partial charge in [-0.2, -0.15) is 13.2 Å². The number of anilines is 1. The molecule has 10 heteroatoms. The maximum atomic E-state index is 13.3. The highest BCUT2D eigenvalue weighted by Gasteiger charge is 2.44. The maximum absolute atomic E-state index is 13.3. The van der Waals surface area contributed by atoms with Crippen LogP contribution >= 0.6 is 0 Å². The number of primary amides is 1. The predicted octanol–water partition coefficient (Wildman–Crippen LogP) is 3.63. The smallest absolute Gasteiger partial charge is 0.364 e. The number of aromatic nitrogens is 3. The number of carbonyl (C=O) groups is 1. The molecular formula is C23H18F3N5O2. The number of fused-ring (bicyclic) bond motifs is 2. The second-order valence-electron chi connectivity index (χ2n) is 8.02. The van der Waals surface area contributed by atoms with Crippen LogP contribution in [-0.4, -0.2) is 40.1 Å². The summed E-state index contributed by atoms with van der Waals surface area (Å²) in [6.45, 7) is -0.0224. The van der Waals surface area contributed by atoms with Crippen molar-refractivity contribution in [1.82, 2.24) is 15.0 Å². The SMILES string of the molecule is NC(=O)c1nccc2[nH]c(-c3cc4ccccc4nc3N3CCC(C(F)(F)F)C3)cc(=O)c12. The van der Waals surface area contributed by atoms with Crippen LogP contribution in [0.5, 0.6) is 0 Å². The molecule has 1 saturated heterocycles. The lowest BCUT2D eigenvalue weighted by atomic mass is 10.1. The number of rotatable bonds is 3. The van der Waals surface area contributed by atoms with E-state index in [9.17, 15) is 22.8 Å². The molecule has 5 rings (SSSR count). The third-order valence-corrected chi connectivity index (χ3v) is 5.92. The number of hydrogen-bond acceptors (Lipinski definition) is 5. The Morgan fingerprint density at radius 2 is 1.97 bits per heavy atom. The number of nitrogens with zero attached hydrogens (tertiary/aromatic N) is 3. The molecule has 3 N–H and O–H groups in total. The summed E-state index contributed by atoms with van der Waals surface area (Å²) in [5.74, 6) is -1.92. The highest BCUT2D eigenvalue weighted by molar-refractivity contribution is 6.04. The van der Waals surface area contributed by atoms with E-state index < -0.39 is 23.4 Å². The number of aromatic amines is 1. The van der Waals surface area contributed by atoms with Crippen LogP contribution in [0, 0.1) is 5.92 Å². The van der Waals surface area contributed by atoms with E-state index >= 15 is 0 Å². The molecule has 4 aromatic rings. The Morgan fingerprint density at radius 1 is 1.18 bits per heavy atom. The van der Waals surface area contributed by atoms with Gasteiger partial charge in [-0.15, -0.1) is 0 Å². The van der Waals surface area contributed by atoms with Crippen molar-refractivity contribution >= 4 is 33.5 Å². The quantitative estimate of drug-likeness (QED) is 0.493. The molecule has 1 aliphatic rings. The number of alkyl halides is 3. The average molecular weight is 453 g/mol. The van der Waals surface area contributed by atoms with Crippen molar-refractivity contribution in [1.29, 1.82) is 0 Å². The molecule has 0 aliphatic carbocycles. The van der Waals surface area contributed by atoms with Crippen LogP contribution in [0.15, 0.2) is 53.5 Å². The largest absolute Gasteiger partial charge is 0.393 e. The summed E-state index contributed by atoms with van der Waals surface area (Å²) >= 11 is 0. The van der Waals surface area contributed by atoms with Gasteiger partial charge < -0.3 is 15.6 Å². The average Bonchev–Trinajstić information content (AvgIpc) is 3.28. The first-order valence-corrected chi connectivity index (χ1v) is 10.3. The molecule has 168 valence electrons. The normalized spacial score (nSPS) is 16.6. The highest BCUT2D eigenvalue weighted by atomic mass is 19.4. The van der Waals surface area contributed by atoms with E-state index in [-0.39, 0.29) is 30.6 Å². The number of nitrogens with two attached hydrogens (primary N) is 1. The van der Waals surface area contributed by atoms with Crippen LogP contribution in [0.2, 0.25) is 0 Å². The minimum atomic E-state index is -4.29. The van der Waals surface area contributed by atoms with E-state index in [0.29, 0.717) is 28.1 Å². The lowest BCUT2D eigenvalue weighted by Crippen LogP contribution is -2.28. The number of benzene rings is 1. The Hall–Kier alpha value is -3.95. The molecule has 3 aromatic heterocycles. The molecule has 4 heterocycles. The molecule has 1 aliphatic heterocycles. The molecule has 1 fully saturated rings. The number of carbonyl (C=O) groups excluding carboxylic acids is 1. The van der Waals surface area contributed by atoms with E-state index in [1.165, 1.54) is 18.3 Å². The van der Waals surface area contributed by atoms with E-state index in [1.54, 1.807) is 23.1 Å². The van der Waals surface area contributed by atoms with Gasteiger partial charge in [-0.05, 0) is 24.6 Å². The van der Waals surface area contributed by atoms with Crippen molar-refractivity contribution in [3.05, 3.63) is 64.6 Å². The second kappa shape index (κ2) is 7.58. The molecular weight excluding hydrogens is 435 g/mol. The van der Waals surface area contributed by atoms with Crippen molar-refractivity contribution in [2.24, 2.45) is 11.7 Å². The van der Waals surface area contributed by atoms with Crippen molar-refractivity contribution in [3.63, 3.8) is 0 Å². The van der Waals surface area contributed by atoms with Crippen molar-refractivity contribution < 1.29 is 18.0 Å². The molecule has 1 aromatic carbocycles. The maximum Gasteiger partial charge on any atom is 0.393 e. The molecule has 0 radical (unpaired) electrons. The Labute approximate surface area is 185 Å². The lowest BCUT2D eigenvalue weighted by molar-refractivity contribution is -0.168. The summed E-state index contributed by atoms with van der Waals surface area (Å²) < 4.78 is 40.0. The number of hydrogen-bond donors (Lipinski definition) is 2. The summed E-state index contributed by atoms with van der Waals surface area (Å²) in [5, 5.41) is 0.832. The van der Waals surface area contributed by atoms with Gasteiger partial charge in [0.2, 0.25) is 0 Å². The first kappa shape index (κ1) is 20.9. The molecule has 33 heavy (non-hydrogen) atoms. The van der Waals surface area contributed by atoms with Crippen molar-refractivity contribution in [2.75, 3.05) is 18.0 Å². The summed E-state index contributed by atoms with van der Waals surface area (Å²) in [5.41, 5.74) is 6.57. The lowest BCUT2D eigenvalue weighted by Gasteiger charge is -2.22. The van der Waals surface area contributed by atoms with Gasteiger partial charge in [0.25, 0.3) is 5.91 Å². The van der Waals surface area contributed by atoms with Gasteiger partial charge in [-0.25, -0.2) is 4.98 Å². The van der Waals surface area contributed by atoms with Crippen molar-refractivity contribution in [2.45, 2.75) is 12.6 Å². The first-order chi connectivity index (χ1) is 15.7. The zero-order chi connectivity index (χ0) is 23.3. The number of para-hydroxylation sites is 1. The fourth-order valence-electron chi connectivity index (χ4n) is 4.30. The summed E-state index contributed by atoms with van der Waals surface area (Å²) in [6, 6.07) is 11.9. The predicted molar refractivity (Wildman–Crippen MR) is 118 cm³/mol. The van der Waals surface area contributed by atoms with Gasteiger partial charge in [0.05, 0.1) is 28.0 Å². The number of halogens is 3. The summed E-state index contributed by atoms with van der Waals surface area (Å²) in [4.78, 5) is 37.9. The number of H-pyrrole nitrogens is 1. The zero-order valence-corrected chi connectivity index (χ0v) is 17.2. The molecule has 0 bridgehead atoms. The fraction of sp³-hybridized carbons (Fsp3) is 0.217. The Balaban J connectivity index is 1.71. The summed E-state index contributed by atoms with van der Waals surface area (Å²) in [7, 11) is 0. The molecule has 7 nitrogen and oxygen atoms in total. The minimum absolute atomic E-state index is 0.0284. The van der Waals surface area contributed by atoms with E-state index in [4.69, 9.17) is 5.73 Å². The van der Waals surface area contributed by atoms with Gasteiger partial charge in [-0.1, -0.05) is 18.2 Å². The standard InChI is InChI=1S/C23H18F3N5O2/c24-23(25,26)13-6-8-31(11-13)22-14(9-12-3-1-2-4-15(12)30-22)17-10-18(32)19-16(29-17)5-7-28-20(19)21(27)33/h1-5,7,9-10,13H,6,8,11H2,(H2,27,33)(H,29,32). The number of nitrogens with one attached hydrogen (secondary N) is 1. The van der Waals surface area contributed by atoms with Gasteiger partial charge >= 0.3 is 6.18 Å². The van der Waals surface area contributed by atoms with Crippen LogP contribution in [0.25, 0.3) is 33.1 Å². The third-order valence-electron chi connectivity index (χ3n) is 5.92. The zero-order valence-electron chi connectivity index (χ0n) is 17.2. The van der Waals surface area contributed by atoms with Gasteiger partial charge in [0, 0.05) is 36.3 Å². The first-order valence-electron chi connectivity index (χ1n) is 10.3. The Kier molecular flexibility index (Phi) is 4.80. The molecule has 1 atom stereocenters. The highest BCUT2D eigenvalue weighted by Crippen LogP contribution is 2.39. The van der Waals surface area contributed by atoms with Crippen LogP contribution in [0.4, 0.5) is 19.0 Å². The molecule has 1 unspecified atom stereocenters. The number of pyridine rings is 3. The number of amides is 1. The molecule has 1 amide bonds. The second-order valence-corrected chi connectivity index (χ2v) is 8.02.